The Morgan fingerprint density at radius 1 is 1.18 bits per heavy atom. The van der Waals surface area contributed by atoms with Crippen LogP contribution in [0.1, 0.15) is 16.7 Å². The molecule has 0 spiro atoms. The number of nitriles is 1. The van der Waals surface area contributed by atoms with E-state index in [1.165, 1.54) is 0 Å². The third-order valence-electron chi connectivity index (χ3n) is 3.21. The molecule has 0 saturated heterocycles. The predicted molar refractivity (Wildman–Crippen MR) is 84.6 cm³/mol. The molecule has 6 heteroatoms. The number of rotatable bonds is 4. The van der Waals surface area contributed by atoms with Gasteiger partial charge in [0, 0.05) is 5.75 Å². The van der Waals surface area contributed by atoms with Gasteiger partial charge in [-0.3, -0.25) is 0 Å². The van der Waals surface area contributed by atoms with Crippen molar-refractivity contribution in [1.82, 2.24) is 20.2 Å². The van der Waals surface area contributed by atoms with Gasteiger partial charge in [-0.2, -0.15) is 9.94 Å². The van der Waals surface area contributed by atoms with Crippen molar-refractivity contribution in [2.24, 2.45) is 0 Å². The zero-order valence-corrected chi connectivity index (χ0v) is 12.8. The maximum atomic E-state index is 8.94. The van der Waals surface area contributed by atoms with Crippen molar-refractivity contribution in [3.8, 4) is 11.8 Å². The highest BCUT2D eigenvalue weighted by Gasteiger charge is 2.10. The summed E-state index contributed by atoms with van der Waals surface area (Å²) in [5.74, 6) is 0.710. The van der Waals surface area contributed by atoms with Crippen molar-refractivity contribution in [2.75, 3.05) is 0 Å². The molecule has 0 atom stereocenters. The third-order valence-corrected chi connectivity index (χ3v) is 4.20. The highest BCUT2D eigenvalue weighted by molar-refractivity contribution is 7.98. The van der Waals surface area contributed by atoms with E-state index in [1.807, 2.05) is 49.4 Å². The first-order chi connectivity index (χ1) is 10.8. The van der Waals surface area contributed by atoms with Crippen molar-refractivity contribution >= 4 is 11.8 Å². The number of hydrogen-bond donors (Lipinski definition) is 0. The molecule has 0 N–H and O–H groups in total. The van der Waals surface area contributed by atoms with E-state index in [0.717, 1.165) is 22.0 Å². The largest absolute Gasteiger partial charge is 0.214 e. The standard InChI is InChI=1S/C16H13N5S/c1-12-5-2-3-8-15(12)21-16(18-19-20-21)22-11-14-7-4-6-13(9-14)10-17/h2-9H,11H2,1H3. The molecule has 0 fully saturated rings. The average molecular weight is 307 g/mol. The molecule has 0 radical (unpaired) electrons. The van der Waals surface area contributed by atoms with Crippen molar-refractivity contribution in [1.29, 1.82) is 5.26 Å². The van der Waals surface area contributed by atoms with Crippen LogP contribution >= 0.6 is 11.8 Å². The second-order valence-corrected chi connectivity index (χ2v) is 5.70. The van der Waals surface area contributed by atoms with Crippen molar-refractivity contribution in [3.63, 3.8) is 0 Å². The van der Waals surface area contributed by atoms with Crippen LogP contribution < -0.4 is 0 Å². The van der Waals surface area contributed by atoms with Gasteiger partial charge < -0.3 is 0 Å². The lowest BCUT2D eigenvalue weighted by Crippen LogP contribution is -2.01. The maximum Gasteiger partial charge on any atom is 0.214 e. The van der Waals surface area contributed by atoms with Gasteiger partial charge in [-0.15, -0.1) is 5.10 Å². The second kappa shape index (κ2) is 6.41. The van der Waals surface area contributed by atoms with E-state index in [1.54, 1.807) is 22.5 Å². The van der Waals surface area contributed by atoms with Crippen LogP contribution in [0.5, 0.6) is 0 Å². The molecule has 1 aromatic heterocycles. The van der Waals surface area contributed by atoms with Gasteiger partial charge in [0.2, 0.25) is 5.16 Å². The fourth-order valence-corrected chi connectivity index (χ4v) is 2.93. The summed E-state index contributed by atoms with van der Waals surface area (Å²) in [4.78, 5) is 0. The Morgan fingerprint density at radius 3 is 2.86 bits per heavy atom. The summed E-state index contributed by atoms with van der Waals surface area (Å²) < 4.78 is 1.74. The highest BCUT2D eigenvalue weighted by atomic mass is 32.2. The Balaban J connectivity index is 1.81. The normalized spacial score (nSPS) is 10.4. The summed E-state index contributed by atoms with van der Waals surface area (Å²) in [6.45, 7) is 2.03. The molecule has 0 bridgehead atoms. The number of aryl methyl sites for hydroxylation is 1. The SMILES string of the molecule is Cc1ccccc1-n1nnnc1SCc1cccc(C#N)c1. The van der Waals surface area contributed by atoms with Gasteiger partial charge in [-0.05, 0) is 46.7 Å². The molecule has 22 heavy (non-hydrogen) atoms. The van der Waals surface area contributed by atoms with Crippen LogP contribution in [-0.4, -0.2) is 20.2 Å². The van der Waals surface area contributed by atoms with Crippen LogP contribution in [0.2, 0.25) is 0 Å². The van der Waals surface area contributed by atoms with Crippen LogP contribution in [0.15, 0.2) is 53.7 Å². The van der Waals surface area contributed by atoms with Gasteiger partial charge in [0.05, 0.1) is 17.3 Å². The molecule has 2 aromatic carbocycles. The summed E-state index contributed by atoms with van der Waals surface area (Å²) in [7, 11) is 0. The van der Waals surface area contributed by atoms with Gasteiger partial charge >= 0.3 is 0 Å². The van der Waals surface area contributed by atoms with E-state index in [-0.39, 0.29) is 0 Å². The van der Waals surface area contributed by atoms with Gasteiger partial charge in [-0.25, -0.2) is 0 Å². The fourth-order valence-electron chi connectivity index (χ4n) is 2.10. The van der Waals surface area contributed by atoms with Gasteiger partial charge in [-0.1, -0.05) is 42.1 Å². The Bertz CT molecular complexity index is 834. The van der Waals surface area contributed by atoms with E-state index in [9.17, 15) is 0 Å². The van der Waals surface area contributed by atoms with Crippen molar-refractivity contribution < 1.29 is 0 Å². The third kappa shape index (κ3) is 3.00. The van der Waals surface area contributed by atoms with E-state index in [2.05, 4.69) is 21.6 Å². The zero-order valence-electron chi connectivity index (χ0n) is 12.0. The van der Waals surface area contributed by atoms with Crippen LogP contribution in [0.3, 0.4) is 0 Å². The first-order valence-electron chi connectivity index (χ1n) is 6.74. The molecule has 1 heterocycles. The molecule has 0 unspecified atom stereocenters. The quantitative estimate of drug-likeness (QED) is 0.693. The minimum atomic E-state index is 0.664. The lowest BCUT2D eigenvalue weighted by atomic mass is 10.2. The molecule has 0 aliphatic carbocycles. The Kier molecular flexibility index (Phi) is 4.17. The van der Waals surface area contributed by atoms with E-state index >= 15 is 0 Å². The zero-order chi connectivity index (χ0) is 15.4. The number of aromatic nitrogens is 4. The Hall–Kier alpha value is -2.65. The van der Waals surface area contributed by atoms with Crippen LogP contribution in [0.4, 0.5) is 0 Å². The molecule has 5 nitrogen and oxygen atoms in total. The fraction of sp³-hybridized carbons (Fsp3) is 0.125. The molecular formula is C16H13N5S. The summed E-state index contributed by atoms with van der Waals surface area (Å²) in [6.07, 6.45) is 0. The van der Waals surface area contributed by atoms with Gasteiger partial charge in [0.1, 0.15) is 0 Å². The number of thioether (sulfide) groups is 1. The molecule has 108 valence electrons. The molecule has 0 aliphatic rings. The smallest absolute Gasteiger partial charge is 0.192 e. The number of nitrogens with zero attached hydrogens (tertiary/aromatic N) is 5. The highest BCUT2D eigenvalue weighted by Crippen LogP contribution is 2.24. The first kappa shape index (κ1) is 14.3. The summed E-state index contributed by atoms with van der Waals surface area (Å²) in [6, 6.07) is 17.7. The number of hydrogen-bond acceptors (Lipinski definition) is 5. The number of para-hydroxylation sites is 1. The minimum Gasteiger partial charge on any atom is -0.192 e. The first-order valence-corrected chi connectivity index (χ1v) is 7.73. The molecular weight excluding hydrogens is 294 g/mol. The Labute approximate surface area is 132 Å². The van der Waals surface area contributed by atoms with E-state index in [4.69, 9.17) is 5.26 Å². The molecule has 3 rings (SSSR count). The van der Waals surface area contributed by atoms with Crippen LogP contribution in [0.25, 0.3) is 5.69 Å². The number of tetrazole rings is 1. The van der Waals surface area contributed by atoms with Crippen LogP contribution in [-0.2, 0) is 5.75 Å². The average Bonchev–Trinajstić information content (AvgIpc) is 3.02. The molecule has 0 aliphatic heterocycles. The monoisotopic (exact) mass is 307 g/mol. The molecule has 0 saturated carbocycles. The lowest BCUT2D eigenvalue weighted by Gasteiger charge is -2.07. The van der Waals surface area contributed by atoms with Crippen molar-refractivity contribution in [3.05, 3.63) is 65.2 Å². The van der Waals surface area contributed by atoms with Crippen molar-refractivity contribution in [2.45, 2.75) is 17.8 Å². The number of benzene rings is 2. The topological polar surface area (TPSA) is 67.4 Å². The lowest BCUT2D eigenvalue weighted by molar-refractivity contribution is 0.752. The summed E-state index contributed by atoms with van der Waals surface area (Å²) in [5, 5.41) is 21.6. The van der Waals surface area contributed by atoms with Crippen LogP contribution in [0, 0.1) is 18.3 Å². The van der Waals surface area contributed by atoms with E-state index < -0.39 is 0 Å². The van der Waals surface area contributed by atoms with Gasteiger partial charge in [0.15, 0.2) is 0 Å². The predicted octanol–water partition coefficient (Wildman–Crippen LogP) is 3.13. The molecule has 3 aromatic rings. The van der Waals surface area contributed by atoms with Gasteiger partial charge in [0.25, 0.3) is 0 Å². The van der Waals surface area contributed by atoms with E-state index in [0.29, 0.717) is 11.3 Å². The molecule has 0 amide bonds. The maximum absolute atomic E-state index is 8.94. The summed E-state index contributed by atoms with van der Waals surface area (Å²) >= 11 is 1.55. The Morgan fingerprint density at radius 2 is 2.05 bits per heavy atom. The summed E-state index contributed by atoms with van der Waals surface area (Å²) in [5.41, 5.74) is 3.82. The minimum absolute atomic E-state index is 0.664. The second-order valence-electron chi connectivity index (χ2n) is 4.76.